The zero-order valence-corrected chi connectivity index (χ0v) is 7.33. The molecule has 0 radical (unpaired) electrons. The molecule has 64 valence electrons. The molecule has 0 unspecified atom stereocenters. The highest BCUT2D eigenvalue weighted by Gasteiger charge is 2.25. The third-order valence-electron chi connectivity index (χ3n) is 2.50. The Morgan fingerprint density at radius 1 is 1.33 bits per heavy atom. The van der Waals surface area contributed by atoms with Crippen molar-refractivity contribution in [2.24, 2.45) is 0 Å². The van der Waals surface area contributed by atoms with Crippen molar-refractivity contribution in [3.63, 3.8) is 0 Å². The van der Waals surface area contributed by atoms with E-state index in [-0.39, 0.29) is 0 Å². The molecule has 1 saturated heterocycles. The van der Waals surface area contributed by atoms with Gasteiger partial charge < -0.3 is 10.6 Å². The van der Waals surface area contributed by atoms with Gasteiger partial charge in [0.15, 0.2) is 0 Å². The first-order valence-electron chi connectivity index (χ1n) is 4.30. The highest BCUT2D eigenvalue weighted by atomic mass is 15.2. The quantitative estimate of drug-likeness (QED) is 0.631. The number of hydrogen-bond donors (Lipinski definition) is 1. The number of nitrogen functional groups attached to an aromatic ring is 1. The summed E-state index contributed by atoms with van der Waals surface area (Å²) in [5.74, 6) is 0.663. The molecule has 1 aromatic rings. The SMILES string of the molecule is CN1CC(c2ccccc2N)C1. The number of hydrogen-bond acceptors (Lipinski definition) is 2. The molecule has 1 aromatic carbocycles. The zero-order valence-electron chi connectivity index (χ0n) is 7.33. The summed E-state index contributed by atoms with van der Waals surface area (Å²) in [5, 5.41) is 0. The van der Waals surface area contributed by atoms with Gasteiger partial charge in [-0.15, -0.1) is 0 Å². The van der Waals surface area contributed by atoms with Gasteiger partial charge in [0.2, 0.25) is 0 Å². The van der Waals surface area contributed by atoms with Crippen LogP contribution >= 0.6 is 0 Å². The first kappa shape index (κ1) is 7.62. The van der Waals surface area contributed by atoms with Crippen molar-refractivity contribution in [1.82, 2.24) is 4.90 Å². The Balaban J connectivity index is 2.18. The van der Waals surface area contributed by atoms with Crippen LogP contribution in [-0.2, 0) is 0 Å². The number of nitrogens with two attached hydrogens (primary N) is 1. The Kier molecular flexibility index (Phi) is 1.77. The molecular formula is C10H14N2. The first-order chi connectivity index (χ1) is 5.77. The lowest BCUT2D eigenvalue weighted by Gasteiger charge is -2.37. The molecule has 0 spiro atoms. The van der Waals surface area contributed by atoms with Crippen molar-refractivity contribution in [3.05, 3.63) is 29.8 Å². The van der Waals surface area contributed by atoms with E-state index >= 15 is 0 Å². The van der Waals surface area contributed by atoms with Crippen LogP contribution in [-0.4, -0.2) is 25.0 Å². The van der Waals surface area contributed by atoms with Crippen molar-refractivity contribution in [3.8, 4) is 0 Å². The predicted octanol–water partition coefficient (Wildman–Crippen LogP) is 1.30. The minimum Gasteiger partial charge on any atom is -0.398 e. The van der Waals surface area contributed by atoms with E-state index in [2.05, 4.69) is 24.1 Å². The Morgan fingerprint density at radius 3 is 2.58 bits per heavy atom. The topological polar surface area (TPSA) is 29.3 Å². The maximum Gasteiger partial charge on any atom is 0.0350 e. The van der Waals surface area contributed by atoms with Crippen LogP contribution in [0.3, 0.4) is 0 Å². The van der Waals surface area contributed by atoms with Gasteiger partial charge in [0.1, 0.15) is 0 Å². The lowest BCUT2D eigenvalue weighted by molar-refractivity contribution is 0.190. The Morgan fingerprint density at radius 2 is 2.00 bits per heavy atom. The number of anilines is 1. The molecule has 0 saturated carbocycles. The Bertz CT molecular complexity index is 277. The maximum absolute atomic E-state index is 5.86. The van der Waals surface area contributed by atoms with Gasteiger partial charge in [0, 0.05) is 24.7 Å². The molecule has 2 heteroatoms. The van der Waals surface area contributed by atoms with Crippen LogP contribution < -0.4 is 5.73 Å². The van der Waals surface area contributed by atoms with E-state index in [0.29, 0.717) is 5.92 Å². The molecule has 0 aromatic heterocycles. The third-order valence-corrected chi connectivity index (χ3v) is 2.50. The molecule has 0 atom stereocenters. The summed E-state index contributed by atoms with van der Waals surface area (Å²) in [6, 6.07) is 8.16. The van der Waals surface area contributed by atoms with Gasteiger partial charge in [-0.05, 0) is 18.7 Å². The second kappa shape index (κ2) is 2.79. The van der Waals surface area contributed by atoms with E-state index in [1.807, 2.05) is 12.1 Å². The number of benzene rings is 1. The molecule has 0 aliphatic carbocycles. The fourth-order valence-corrected chi connectivity index (χ4v) is 1.78. The lowest BCUT2D eigenvalue weighted by atomic mass is 9.91. The second-order valence-electron chi connectivity index (χ2n) is 3.55. The molecule has 12 heavy (non-hydrogen) atoms. The summed E-state index contributed by atoms with van der Waals surface area (Å²) >= 11 is 0. The number of para-hydroxylation sites is 1. The zero-order chi connectivity index (χ0) is 8.55. The predicted molar refractivity (Wildman–Crippen MR) is 51.1 cm³/mol. The highest BCUT2D eigenvalue weighted by molar-refractivity contribution is 5.49. The number of likely N-dealkylation sites (tertiary alicyclic amines) is 1. The molecule has 0 amide bonds. The minimum atomic E-state index is 0.663. The van der Waals surface area contributed by atoms with Crippen molar-refractivity contribution >= 4 is 5.69 Å². The molecule has 2 rings (SSSR count). The average molecular weight is 162 g/mol. The van der Waals surface area contributed by atoms with Crippen LogP contribution in [0.1, 0.15) is 11.5 Å². The molecule has 1 fully saturated rings. The van der Waals surface area contributed by atoms with Crippen LogP contribution in [0.4, 0.5) is 5.69 Å². The van der Waals surface area contributed by atoms with Crippen LogP contribution in [0.2, 0.25) is 0 Å². The normalized spacial score (nSPS) is 19.1. The van der Waals surface area contributed by atoms with E-state index in [0.717, 1.165) is 18.8 Å². The van der Waals surface area contributed by atoms with Crippen LogP contribution in [0.25, 0.3) is 0 Å². The fraction of sp³-hybridized carbons (Fsp3) is 0.400. The van der Waals surface area contributed by atoms with Gasteiger partial charge >= 0.3 is 0 Å². The summed E-state index contributed by atoms with van der Waals surface area (Å²) in [5.41, 5.74) is 8.11. The fourth-order valence-electron chi connectivity index (χ4n) is 1.78. The summed E-state index contributed by atoms with van der Waals surface area (Å²) in [6.45, 7) is 2.29. The number of likely N-dealkylation sites (N-methyl/N-ethyl adjacent to an activating group) is 1. The molecule has 1 aliphatic heterocycles. The van der Waals surface area contributed by atoms with Gasteiger partial charge in [-0.3, -0.25) is 0 Å². The molecule has 1 heterocycles. The van der Waals surface area contributed by atoms with Crippen LogP contribution in [0, 0.1) is 0 Å². The minimum absolute atomic E-state index is 0.663. The van der Waals surface area contributed by atoms with Crippen molar-refractivity contribution in [2.45, 2.75) is 5.92 Å². The number of nitrogens with zero attached hydrogens (tertiary/aromatic N) is 1. The molecule has 1 aliphatic rings. The molecular weight excluding hydrogens is 148 g/mol. The van der Waals surface area contributed by atoms with E-state index in [1.54, 1.807) is 0 Å². The molecule has 0 bridgehead atoms. The number of rotatable bonds is 1. The van der Waals surface area contributed by atoms with Gasteiger partial charge in [0.25, 0.3) is 0 Å². The van der Waals surface area contributed by atoms with Crippen LogP contribution in [0.5, 0.6) is 0 Å². The molecule has 2 nitrogen and oxygen atoms in total. The van der Waals surface area contributed by atoms with Gasteiger partial charge in [-0.25, -0.2) is 0 Å². The summed E-state index contributed by atoms with van der Waals surface area (Å²) < 4.78 is 0. The van der Waals surface area contributed by atoms with Crippen molar-refractivity contribution in [1.29, 1.82) is 0 Å². The molecule has 2 N–H and O–H groups in total. The first-order valence-corrected chi connectivity index (χ1v) is 4.30. The van der Waals surface area contributed by atoms with Gasteiger partial charge in [0.05, 0.1) is 0 Å². The summed E-state index contributed by atoms with van der Waals surface area (Å²) in [4.78, 5) is 2.30. The Hall–Kier alpha value is -1.02. The average Bonchev–Trinajstić information content (AvgIpc) is 2.01. The maximum atomic E-state index is 5.86. The summed E-state index contributed by atoms with van der Waals surface area (Å²) in [7, 11) is 2.13. The van der Waals surface area contributed by atoms with E-state index in [1.165, 1.54) is 5.56 Å². The van der Waals surface area contributed by atoms with Crippen LogP contribution in [0.15, 0.2) is 24.3 Å². The largest absolute Gasteiger partial charge is 0.398 e. The van der Waals surface area contributed by atoms with E-state index in [9.17, 15) is 0 Å². The van der Waals surface area contributed by atoms with Gasteiger partial charge in [-0.1, -0.05) is 18.2 Å². The Labute approximate surface area is 73.0 Å². The summed E-state index contributed by atoms with van der Waals surface area (Å²) in [6.07, 6.45) is 0. The third kappa shape index (κ3) is 1.18. The monoisotopic (exact) mass is 162 g/mol. The second-order valence-corrected chi connectivity index (χ2v) is 3.55. The van der Waals surface area contributed by atoms with E-state index in [4.69, 9.17) is 5.73 Å². The smallest absolute Gasteiger partial charge is 0.0350 e. The van der Waals surface area contributed by atoms with Crippen molar-refractivity contribution in [2.75, 3.05) is 25.9 Å². The van der Waals surface area contributed by atoms with Gasteiger partial charge in [-0.2, -0.15) is 0 Å². The standard InChI is InChI=1S/C10H14N2/c1-12-6-8(7-12)9-4-2-3-5-10(9)11/h2-5,8H,6-7,11H2,1H3. The highest BCUT2D eigenvalue weighted by Crippen LogP contribution is 2.29. The van der Waals surface area contributed by atoms with Crippen molar-refractivity contribution < 1.29 is 0 Å². The van der Waals surface area contributed by atoms with E-state index < -0.39 is 0 Å². The lowest BCUT2D eigenvalue weighted by Crippen LogP contribution is -2.41.